The van der Waals surface area contributed by atoms with E-state index in [0.29, 0.717) is 29.2 Å². The molecule has 1 aliphatic rings. The molecule has 1 aromatic rings. The summed E-state index contributed by atoms with van der Waals surface area (Å²) in [5.41, 5.74) is 1.45. The van der Waals surface area contributed by atoms with Crippen LogP contribution in [0, 0.1) is 17.2 Å². The molecule has 1 aromatic carbocycles. The smallest absolute Gasteiger partial charge is 0.101 e. The van der Waals surface area contributed by atoms with Gasteiger partial charge in [-0.1, -0.05) is 11.6 Å². The zero-order chi connectivity index (χ0) is 12.3. The molecular formula is C13H15ClN2O. The van der Waals surface area contributed by atoms with Crippen molar-refractivity contribution in [3.63, 3.8) is 0 Å². The largest absolute Gasteiger partial charge is 0.383 e. The van der Waals surface area contributed by atoms with Crippen LogP contribution >= 0.6 is 11.6 Å². The van der Waals surface area contributed by atoms with Crippen LogP contribution in [-0.2, 0) is 4.74 Å². The number of anilines is 1. The summed E-state index contributed by atoms with van der Waals surface area (Å²) in [4.78, 5) is 0. The van der Waals surface area contributed by atoms with E-state index in [0.717, 1.165) is 5.69 Å². The number of nitriles is 1. The Morgan fingerprint density at radius 1 is 1.59 bits per heavy atom. The van der Waals surface area contributed by atoms with Gasteiger partial charge in [0.25, 0.3) is 0 Å². The Morgan fingerprint density at radius 2 is 2.35 bits per heavy atom. The molecule has 0 heterocycles. The normalized spacial score (nSPS) is 16.3. The molecule has 1 unspecified atom stereocenters. The molecule has 0 aliphatic heterocycles. The summed E-state index contributed by atoms with van der Waals surface area (Å²) in [6, 6.07) is 7.81. The molecule has 1 fully saturated rings. The minimum Gasteiger partial charge on any atom is -0.383 e. The van der Waals surface area contributed by atoms with Gasteiger partial charge in [0, 0.05) is 12.8 Å². The molecule has 4 heteroatoms. The van der Waals surface area contributed by atoms with Crippen molar-refractivity contribution in [1.82, 2.24) is 0 Å². The first-order chi connectivity index (χ1) is 8.24. The van der Waals surface area contributed by atoms with Crippen LogP contribution in [0.4, 0.5) is 5.69 Å². The summed E-state index contributed by atoms with van der Waals surface area (Å²) in [5.74, 6) is 0.698. The second-order valence-electron chi connectivity index (χ2n) is 4.35. The third kappa shape index (κ3) is 3.12. The predicted octanol–water partition coefficient (Wildman–Crippen LogP) is 3.05. The third-order valence-electron chi connectivity index (χ3n) is 2.98. The average molecular weight is 251 g/mol. The van der Waals surface area contributed by atoms with Crippen molar-refractivity contribution in [3.8, 4) is 6.07 Å². The van der Waals surface area contributed by atoms with Crippen molar-refractivity contribution < 1.29 is 4.74 Å². The number of hydrogen-bond acceptors (Lipinski definition) is 3. The zero-order valence-electron chi connectivity index (χ0n) is 9.74. The minimum atomic E-state index is 0.337. The summed E-state index contributed by atoms with van der Waals surface area (Å²) < 4.78 is 5.20. The molecule has 1 aliphatic carbocycles. The van der Waals surface area contributed by atoms with Crippen LogP contribution in [0.1, 0.15) is 18.4 Å². The van der Waals surface area contributed by atoms with Crippen molar-refractivity contribution in [2.24, 2.45) is 5.92 Å². The fourth-order valence-electron chi connectivity index (χ4n) is 1.88. The van der Waals surface area contributed by atoms with Gasteiger partial charge in [-0.3, -0.25) is 0 Å². The fraction of sp³-hybridized carbons (Fsp3) is 0.462. The molecule has 2 rings (SSSR count). The van der Waals surface area contributed by atoms with Gasteiger partial charge in [0.1, 0.15) is 6.07 Å². The number of rotatable bonds is 5. The first-order valence-electron chi connectivity index (χ1n) is 5.69. The molecule has 0 spiro atoms. The summed E-state index contributed by atoms with van der Waals surface area (Å²) in [6.45, 7) is 0.697. The van der Waals surface area contributed by atoms with Gasteiger partial charge in [-0.15, -0.1) is 0 Å². The van der Waals surface area contributed by atoms with Crippen LogP contribution in [0.15, 0.2) is 18.2 Å². The monoisotopic (exact) mass is 250 g/mol. The van der Waals surface area contributed by atoms with E-state index in [-0.39, 0.29) is 0 Å². The number of nitrogens with zero attached hydrogens (tertiary/aromatic N) is 1. The standard InChI is InChI=1S/C13H15ClN2O/c1-17-8-13(9-2-3-9)16-11-5-4-10(7-15)12(14)6-11/h4-6,9,13,16H,2-3,8H2,1H3. The molecule has 0 bridgehead atoms. The van der Waals surface area contributed by atoms with E-state index in [2.05, 4.69) is 11.4 Å². The van der Waals surface area contributed by atoms with Crippen LogP contribution in [0.5, 0.6) is 0 Å². The van der Waals surface area contributed by atoms with Crippen molar-refractivity contribution >= 4 is 17.3 Å². The number of halogens is 1. The summed E-state index contributed by atoms with van der Waals surface area (Å²) >= 11 is 5.99. The Hall–Kier alpha value is -1.24. The number of methoxy groups -OCH3 is 1. The van der Waals surface area contributed by atoms with Crippen LogP contribution in [0.3, 0.4) is 0 Å². The molecule has 90 valence electrons. The van der Waals surface area contributed by atoms with Crippen LogP contribution in [0.25, 0.3) is 0 Å². The van der Waals surface area contributed by atoms with Crippen molar-refractivity contribution in [3.05, 3.63) is 28.8 Å². The lowest BCUT2D eigenvalue weighted by molar-refractivity contribution is 0.179. The Kier molecular flexibility index (Phi) is 3.88. The van der Waals surface area contributed by atoms with E-state index in [1.807, 2.05) is 6.07 Å². The Bertz CT molecular complexity index is 438. The van der Waals surface area contributed by atoms with Crippen molar-refractivity contribution in [2.45, 2.75) is 18.9 Å². The molecule has 1 N–H and O–H groups in total. The van der Waals surface area contributed by atoms with Gasteiger partial charge in [0.15, 0.2) is 0 Å². The van der Waals surface area contributed by atoms with Crippen LogP contribution in [0.2, 0.25) is 5.02 Å². The predicted molar refractivity (Wildman–Crippen MR) is 68.2 cm³/mol. The minimum absolute atomic E-state index is 0.337. The number of ether oxygens (including phenoxy) is 1. The highest BCUT2D eigenvalue weighted by Crippen LogP contribution is 2.34. The van der Waals surface area contributed by atoms with E-state index in [4.69, 9.17) is 21.6 Å². The Labute approximate surface area is 106 Å². The number of benzene rings is 1. The van der Waals surface area contributed by atoms with Gasteiger partial charge < -0.3 is 10.1 Å². The average Bonchev–Trinajstić information content (AvgIpc) is 3.12. The zero-order valence-corrected chi connectivity index (χ0v) is 10.5. The third-order valence-corrected chi connectivity index (χ3v) is 3.29. The lowest BCUT2D eigenvalue weighted by Crippen LogP contribution is -2.27. The van der Waals surface area contributed by atoms with Crippen LogP contribution < -0.4 is 5.32 Å². The van der Waals surface area contributed by atoms with E-state index in [9.17, 15) is 0 Å². The number of hydrogen-bond donors (Lipinski definition) is 1. The Morgan fingerprint density at radius 3 is 2.88 bits per heavy atom. The summed E-state index contributed by atoms with van der Waals surface area (Å²) in [5, 5.41) is 12.7. The van der Waals surface area contributed by atoms with Crippen LogP contribution in [-0.4, -0.2) is 19.8 Å². The molecule has 3 nitrogen and oxygen atoms in total. The van der Waals surface area contributed by atoms with Gasteiger partial charge in [-0.25, -0.2) is 0 Å². The van der Waals surface area contributed by atoms with E-state index in [1.54, 1.807) is 19.2 Å². The van der Waals surface area contributed by atoms with Crippen molar-refractivity contribution in [1.29, 1.82) is 5.26 Å². The van der Waals surface area contributed by atoms with Gasteiger partial charge in [0.2, 0.25) is 0 Å². The second-order valence-corrected chi connectivity index (χ2v) is 4.76. The van der Waals surface area contributed by atoms with Gasteiger partial charge >= 0.3 is 0 Å². The number of nitrogens with one attached hydrogen (secondary N) is 1. The van der Waals surface area contributed by atoms with Gasteiger partial charge in [0.05, 0.1) is 23.2 Å². The first kappa shape index (κ1) is 12.2. The maximum atomic E-state index is 8.80. The summed E-state index contributed by atoms with van der Waals surface area (Å²) in [7, 11) is 1.71. The second kappa shape index (κ2) is 5.39. The molecule has 1 saturated carbocycles. The highest BCUT2D eigenvalue weighted by atomic mass is 35.5. The van der Waals surface area contributed by atoms with E-state index in [1.165, 1.54) is 12.8 Å². The lowest BCUT2D eigenvalue weighted by Gasteiger charge is -2.18. The molecule has 17 heavy (non-hydrogen) atoms. The first-order valence-corrected chi connectivity index (χ1v) is 6.07. The van der Waals surface area contributed by atoms with E-state index < -0.39 is 0 Å². The Balaban J connectivity index is 2.06. The van der Waals surface area contributed by atoms with Crippen molar-refractivity contribution in [2.75, 3.05) is 19.0 Å². The molecule has 1 atom stereocenters. The van der Waals surface area contributed by atoms with E-state index >= 15 is 0 Å². The fourth-order valence-corrected chi connectivity index (χ4v) is 2.11. The molecule has 0 aromatic heterocycles. The summed E-state index contributed by atoms with van der Waals surface area (Å²) in [6.07, 6.45) is 2.51. The lowest BCUT2D eigenvalue weighted by atomic mass is 10.1. The molecular weight excluding hydrogens is 236 g/mol. The quantitative estimate of drug-likeness (QED) is 0.874. The maximum absolute atomic E-state index is 8.80. The highest BCUT2D eigenvalue weighted by molar-refractivity contribution is 6.32. The topological polar surface area (TPSA) is 45.0 Å². The van der Waals surface area contributed by atoms with Gasteiger partial charge in [-0.2, -0.15) is 5.26 Å². The van der Waals surface area contributed by atoms with Gasteiger partial charge in [-0.05, 0) is 37.0 Å². The maximum Gasteiger partial charge on any atom is 0.101 e. The SMILES string of the molecule is COCC(Nc1ccc(C#N)c(Cl)c1)C1CC1. The molecule has 0 amide bonds. The molecule has 0 saturated heterocycles. The highest BCUT2D eigenvalue weighted by Gasteiger charge is 2.31. The molecule has 0 radical (unpaired) electrons.